The molecule has 2 rings (SSSR count). The van der Waals surface area contributed by atoms with Crippen molar-refractivity contribution in [1.29, 1.82) is 0 Å². The number of nitrogens with one attached hydrogen (secondary N) is 2. The maximum absolute atomic E-state index is 11.7. The molecule has 0 aliphatic heterocycles. The van der Waals surface area contributed by atoms with Crippen molar-refractivity contribution in [2.75, 3.05) is 26.8 Å². The number of hydrogen-bond donors (Lipinski definition) is 2. The van der Waals surface area contributed by atoms with Gasteiger partial charge in [-0.25, -0.2) is 4.79 Å². The van der Waals surface area contributed by atoms with Crippen molar-refractivity contribution in [2.24, 2.45) is 0 Å². The Balaban J connectivity index is 1.86. The third-order valence-corrected chi connectivity index (χ3v) is 4.56. The Morgan fingerprint density at radius 3 is 2.84 bits per heavy atom. The van der Waals surface area contributed by atoms with E-state index in [1.165, 1.54) is 31.2 Å². The van der Waals surface area contributed by atoms with Gasteiger partial charge < -0.3 is 15.4 Å². The number of thiophene rings is 1. The third kappa shape index (κ3) is 3.70. The van der Waals surface area contributed by atoms with E-state index in [0.29, 0.717) is 13.2 Å². The number of ether oxygens (including phenoxy) is 1. The smallest absolute Gasteiger partial charge is 0.314 e. The summed E-state index contributed by atoms with van der Waals surface area (Å²) in [7, 11) is 1.63. The van der Waals surface area contributed by atoms with Gasteiger partial charge >= 0.3 is 6.03 Å². The molecule has 0 aromatic carbocycles. The van der Waals surface area contributed by atoms with E-state index in [-0.39, 0.29) is 11.4 Å². The van der Waals surface area contributed by atoms with Crippen LogP contribution in [0.3, 0.4) is 0 Å². The van der Waals surface area contributed by atoms with Crippen LogP contribution in [-0.2, 0) is 10.2 Å². The zero-order chi connectivity index (χ0) is 13.6. The first-order chi connectivity index (χ1) is 9.27. The predicted octanol–water partition coefficient (Wildman–Crippen LogP) is 2.51. The van der Waals surface area contributed by atoms with Gasteiger partial charge in [0.05, 0.1) is 6.61 Å². The molecule has 2 amide bonds. The van der Waals surface area contributed by atoms with Crippen molar-refractivity contribution in [1.82, 2.24) is 10.6 Å². The van der Waals surface area contributed by atoms with E-state index >= 15 is 0 Å². The minimum absolute atomic E-state index is 0.0986. The number of carbonyl (C=O) groups excluding carboxylic acids is 1. The van der Waals surface area contributed by atoms with E-state index in [1.54, 1.807) is 18.4 Å². The van der Waals surface area contributed by atoms with Crippen LogP contribution in [0.4, 0.5) is 4.79 Å². The molecule has 0 saturated heterocycles. The molecule has 106 valence electrons. The molecule has 1 fully saturated rings. The Bertz CT molecular complexity index is 386. The molecule has 0 unspecified atom stereocenters. The highest BCUT2D eigenvalue weighted by atomic mass is 32.1. The Kier molecular flexibility index (Phi) is 5.22. The topological polar surface area (TPSA) is 50.4 Å². The van der Waals surface area contributed by atoms with Crippen LogP contribution in [0.2, 0.25) is 0 Å². The Morgan fingerprint density at radius 2 is 2.21 bits per heavy atom. The number of methoxy groups -OCH3 is 1. The van der Waals surface area contributed by atoms with Crippen LogP contribution in [0, 0.1) is 0 Å². The molecule has 1 heterocycles. The van der Waals surface area contributed by atoms with Crippen LogP contribution < -0.4 is 10.6 Å². The largest absolute Gasteiger partial charge is 0.383 e. The lowest BCUT2D eigenvalue weighted by Crippen LogP contribution is -2.44. The van der Waals surface area contributed by atoms with Gasteiger partial charge in [0.25, 0.3) is 0 Å². The fourth-order valence-electron chi connectivity index (χ4n) is 2.76. The lowest BCUT2D eigenvalue weighted by molar-refractivity contribution is 0.195. The van der Waals surface area contributed by atoms with Crippen molar-refractivity contribution in [3.05, 3.63) is 22.4 Å². The zero-order valence-electron chi connectivity index (χ0n) is 11.4. The number of carbonyl (C=O) groups is 1. The average Bonchev–Trinajstić information content (AvgIpc) is 3.08. The molecule has 0 atom stereocenters. The molecular weight excluding hydrogens is 260 g/mol. The van der Waals surface area contributed by atoms with E-state index in [2.05, 4.69) is 27.5 Å². The van der Waals surface area contributed by atoms with E-state index in [1.807, 2.05) is 0 Å². The first kappa shape index (κ1) is 14.3. The van der Waals surface area contributed by atoms with E-state index < -0.39 is 0 Å². The van der Waals surface area contributed by atoms with Gasteiger partial charge in [0.2, 0.25) is 0 Å². The quantitative estimate of drug-likeness (QED) is 0.788. The monoisotopic (exact) mass is 282 g/mol. The number of amides is 2. The lowest BCUT2D eigenvalue weighted by atomic mass is 9.80. The third-order valence-electron chi connectivity index (χ3n) is 3.87. The van der Waals surface area contributed by atoms with Gasteiger partial charge in [-0.2, -0.15) is 11.3 Å². The first-order valence-corrected chi connectivity index (χ1v) is 7.74. The Labute approximate surface area is 118 Å². The van der Waals surface area contributed by atoms with Crippen molar-refractivity contribution in [3.8, 4) is 0 Å². The van der Waals surface area contributed by atoms with Crippen LogP contribution in [0.15, 0.2) is 16.8 Å². The van der Waals surface area contributed by atoms with Crippen molar-refractivity contribution < 1.29 is 9.53 Å². The maximum Gasteiger partial charge on any atom is 0.314 e. The van der Waals surface area contributed by atoms with E-state index in [4.69, 9.17) is 4.74 Å². The summed E-state index contributed by atoms with van der Waals surface area (Å²) in [5, 5.41) is 10.1. The molecule has 2 N–H and O–H groups in total. The number of rotatable bonds is 6. The summed E-state index contributed by atoms with van der Waals surface area (Å²) in [6.45, 7) is 1.82. The van der Waals surface area contributed by atoms with Gasteiger partial charge in [-0.05, 0) is 35.2 Å². The van der Waals surface area contributed by atoms with Crippen molar-refractivity contribution in [2.45, 2.75) is 31.1 Å². The van der Waals surface area contributed by atoms with Crippen molar-refractivity contribution in [3.63, 3.8) is 0 Å². The SMILES string of the molecule is COCCNC(=O)NCC1(c2ccsc2)CCCC1. The highest BCUT2D eigenvalue weighted by Crippen LogP contribution is 2.41. The van der Waals surface area contributed by atoms with Crippen LogP contribution in [0.25, 0.3) is 0 Å². The summed E-state index contributed by atoms with van der Waals surface area (Å²) in [4.78, 5) is 11.7. The first-order valence-electron chi connectivity index (χ1n) is 6.80. The molecule has 1 aliphatic rings. The summed E-state index contributed by atoms with van der Waals surface area (Å²) in [6.07, 6.45) is 4.84. The van der Waals surface area contributed by atoms with Crippen LogP contribution >= 0.6 is 11.3 Å². The van der Waals surface area contributed by atoms with Crippen LogP contribution in [-0.4, -0.2) is 32.8 Å². The molecule has 1 aromatic heterocycles. The molecule has 1 aliphatic carbocycles. The normalized spacial score (nSPS) is 17.3. The van der Waals surface area contributed by atoms with Gasteiger partial charge in [-0.15, -0.1) is 0 Å². The second-order valence-corrected chi connectivity index (χ2v) is 5.88. The van der Waals surface area contributed by atoms with Gasteiger partial charge in [0.1, 0.15) is 0 Å². The van der Waals surface area contributed by atoms with Gasteiger partial charge in [-0.1, -0.05) is 12.8 Å². The molecular formula is C14H22N2O2S. The summed E-state index contributed by atoms with van der Waals surface area (Å²) >= 11 is 1.73. The molecule has 0 spiro atoms. The number of urea groups is 1. The highest BCUT2D eigenvalue weighted by Gasteiger charge is 2.36. The molecule has 1 aromatic rings. The standard InChI is InChI=1S/C14H22N2O2S/c1-18-8-7-15-13(17)16-11-14(5-2-3-6-14)12-4-9-19-10-12/h4,9-10H,2-3,5-8,11H2,1H3,(H2,15,16,17). The molecule has 5 heteroatoms. The number of hydrogen-bond acceptors (Lipinski definition) is 3. The zero-order valence-corrected chi connectivity index (χ0v) is 12.2. The maximum atomic E-state index is 11.7. The van der Waals surface area contributed by atoms with Crippen LogP contribution in [0.1, 0.15) is 31.2 Å². The summed E-state index contributed by atoms with van der Waals surface area (Å²) in [5.74, 6) is 0. The molecule has 0 bridgehead atoms. The summed E-state index contributed by atoms with van der Waals surface area (Å²) in [5.41, 5.74) is 1.53. The summed E-state index contributed by atoms with van der Waals surface area (Å²) < 4.78 is 4.91. The van der Waals surface area contributed by atoms with Crippen molar-refractivity contribution >= 4 is 17.4 Å². The van der Waals surface area contributed by atoms with E-state index in [0.717, 1.165) is 6.54 Å². The molecule has 1 saturated carbocycles. The molecule has 19 heavy (non-hydrogen) atoms. The summed E-state index contributed by atoms with van der Waals surface area (Å²) in [6, 6.07) is 2.10. The molecule has 4 nitrogen and oxygen atoms in total. The Morgan fingerprint density at radius 1 is 1.42 bits per heavy atom. The predicted molar refractivity (Wildman–Crippen MR) is 77.7 cm³/mol. The fourth-order valence-corrected chi connectivity index (χ4v) is 3.54. The minimum Gasteiger partial charge on any atom is -0.383 e. The second kappa shape index (κ2) is 6.91. The minimum atomic E-state index is -0.0986. The van der Waals surface area contributed by atoms with Gasteiger partial charge in [0, 0.05) is 25.6 Å². The van der Waals surface area contributed by atoms with E-state index in [9.17, 15) is 4.79 Å². The Hall–Kier alpha value is -1.07. The average molecular weight is 282 g/mol. The fraction of sp³-hybridized carbons (Fsp3) is 0.643. The molecule has 0 radical (unpaired) electrons. The second-order valence-electron chi connectivity index (χ2n) is 5.10. The van der Waals surface area contributed by atoms with Crippen LogP contribution in [0.5, 0.6) is 0 Å². The van der Waals surface area contributed by atoms with Gasteiger partial charge in [-0.3, -0.25) is 0 Å². The highest BCUT2D eigenvalue weighted by molar-refractivity contribution is 7.08. The van der Waals surface area contributed by atoms with Gasteiger partial charge in [0.15, 0.2) is 0 Å². The lowest BCUT2D eigenvalue weighted by Gasteiger charge is -2.28.